The van der Waals surface area contributed by atoms with Crippen molar-refractivity contribution in [2.75, 3.05) is 19.6 Å². The van der Waals surface area contributed by atoms with Gasteiger partial charge in [-0.3, -0.25) is 9.69 Å². The summed E-state index contributed by atoms with van der Waals surface area (Å²) in [6.45, 7) is 5.92. The Kier molecular flexibility index (Phi) is 7.58. The van der Waals surface area contributed by atoms with E-state index in [0.717, 1.165) is 55.0 Å². The monoisotopic (exact) mass is 478 g/mol. The summed E-state index contributed by atoms with van der Waals surface area (Å²) in [4.78, 5) is 15.1. The maximum absolute atomic E-state index is 12.6. The predicted octanol–water partition coefficient (Wildman–Crippen LogP) is 5.34. The van der Waals surface area contributed by atoms with E-state index < -0.39 is 0 Å². The molecule has 1 aromatic heterocycles. The molecule has 184 valence electrons. The van der Waals surface area contributed by atoms with Crippen molar-refractivity contribution >= 4 is 5.91 Å². The number of nitrogens with one attached hydrogen (secondary N) is 1. The van der Waals surface area contributed by atoms with Gasteiger partial charge >= 0.3 is 0 Å². The number of rotatable bonds is 9. The number of fused-ring (bicyclic) bond motifs is 1. The molecule has 2 heterocycles. The van der Waals surface area contributed by atoms with Crippen LogP contribution in [0.4, 0.5) is 0 Å². The summed E-state index contributed by atoms with van der Waals surface area (Å²) in [7, 11) is 0. The molecular formula is C31H34N4O. The summed E-state index contributed by atoms with van der Waals surface area (Å²) < 4.78 is 1.92. The summed E-state index contributed by atoms with van der Waals surface area (Å²) in [5.41, 5.74) is 8.25. The van der Waals surface area contributed by atoms with Crippen LogP contribution in [0.5, 0.6) is 0 Å². The Hall–Kier alpha value is -3.70. The van der Waals surface area contributed by atoms with Gasteiger partial charge in [0, 0.05) is 44.4 Å². The van der Waals surface area contributed by atoms with Gasteiger partial charge in [-0.25, -0.2) is 4.68 Å². The number of hydrogen-bond donors (Lipinski definition) is 1. The molecule has 36 heavy (non-hydrogen) atoms. The van der Waals surface area contributed by atoms with E-state index in [1.54, 1.807) is 0 Å². The summed E-state index contributed by atoms with van der Waals surface area (Å²) in [5, 5.41) is 8.01. The Labute approximate surface area is 213 Å². The highest BCUT2D eigenvalue weighted by Gasteiger charge is 2.16. The molecule has 0 bridgehead atoms. The van der Waals surface area contributed by atoms with E-state index in [2.05, 4.69) is 71.9 Å². The third-order valence-electron chi connectivity index (χ3n) is 6.94. The van der Waals surface area contributed by atoms with Crippen LogP contribution < -0.4 is 5.32 Å². The van der Waals surface area contributed by atoms with Crippen molar-refractivity contribution in [3.05, 3.63) is 107 Å². The third kappa shape index (κ3) is 5.92. The molecule has 0 saturated carbocycles. The van der Waals surface area contributed by atoms with Crippen molar-refractivity contribution in [2.45, 2.75) is 39.2 Å². The number of para-hydroxylation sites is 1. The third-order valence-corrected chi connectivity index (χ3v) is 6.94. The highest BCUT2D eigenvalue weighted by molar-refractivity contribution is 5.76. The van der Waals surface area contributed by atoms with Crippen LogP contribution in [0, 0.1) is 6.92 Å². The van der Waals surface area contributed by atoms with Crippen molar-refractivity contribution in [3.8, 4) is 16.9 Å². The van der Waals surface area contributed by atoms with Gasteiger partial charge in [0.2, 0.25) is 5.91 Å². The zero-order chi connectivity index (χ0) is 24.7. The minimum Gasteiger partial charge on any atom is -0.356 e. The van der Waals surface area contributed by atoms with Gasteiger partial charge in [-0.1, -0.05) is 72.3 Å². The first-order chi connectivity index (χ1) is 17.7. The molecule has 1 aliphatic rings. The second-order valence-electron chi connectivity index (χ2n) is 9.65. The second-order valence-corrected chi connectivity index (χ2v) is 9.65. The molecular weight excluding hydrogens is 444 g/mol. The molecule has 0 aliphatic carbocycles. The van der Waals surface area contributed by atoms with E-state index in [-0.39, 0.29) is 5.91 Å². The highest BCUT2D eigenvalue weighted by Crippen LogP contribution is 2.25. The number of carbonyl (C=O) groups excluding carboxylic acids is 1. The Bertz CT molecular complexity index is 1290. The number of carbonyl (C=O) groups is 1. The number of benzene rings is 3. The van der Waals surface area contributed by atoms with E-state index in [1.165, 1.54) is 16.7 Å². The van der Waals surface area contributed by atoms with Crippen LogP contribution in [0.1, 0.15) is 35.1 Å². The molecule has 5 rings (SSSR count). The Morgan fingerprint density at radius 3 is 2.50 bits per heavy atom. The number of nitrogens with zero attached hydrogens (tertiary/aromatic N) is 3. The summed E-state index contributed by atoms with van der Waals surface area (Å²) in [6, 6.07) is 27.3. The fraction of sp³-hybridized carbons (Fsp3) is 0.290. The smallest absolute Gasteiger partial charge is 0.220 e. The topological polar surface area (TPSA) is 50.2 Å². The molecule has 1 amide bonds. The summed E-state index contributed by atoms with van der Waals surface area (Å²) >= 11 is 0. The van der Waals surface area contributed by atoms with Crippen LogP contribution in [0.3, 0.4) is 0 Å². The first kappa shape index (κ1) is 24.0. The zero-order valence-electron chi connectivity index (χ0n) is 21.0. The molecule has 3 aromatic carbocycles. The lowest BCUT2D eigenvalue weighted by molar-refractivity contribution is -0.121. The lowest BCUT2D eigenvalue weighted by atomic mass is 10.00. The van der Waals surface area contributed by atoms with Crippen molar-refractivity contribution in [1.82, 2.24) is 20.0 Å². The molecule has 1 N–H and O–H groups in total. The maximum Gasteiger partial charge on any atom is 0.220 e. The SMILES string of the molecule is Cc1ccc(-c2nn(-c3ccccc3)cc2CCC(=O)NCCCN2CCc3ccccc3C2)cc1. The normalized spacial score (nSPS) is 13.4. The molecule has 0 spiro atoms. The molecule has 0 unspecified atom stereocenters. The molecule has 0 radical (unpaired) electrons. The first-order valence-corrected chi connectivity index (χ1v) is 12.9. The van der Waals surface area contributed by atoms with Gasteiger partial charge in [-0.15, -0.1) is 0 Å². The molecule has 0 fully saturated rings. The highest BCUT2D eigenvalue weighted by atomic mass is 16.1. The maximum atomic E-state index is 12.6. The summed E-state index contributed by atoms with van der Waals surface area (Å²) in [6.07, 6.45) is 5.25. The van der Waals surface area contributed by atoms with Gasteiger partial charge in [0.1, 0.15) is 0 Å². The quantitative estimate of drug-likeness (QED) is 0.330. The first-order valence-electron chi connectivity index (χ1n) is 12.9. The molecule has 5 heteroatoms. The lowest BCUT2D eigenvalue weighted by Gasteiger charge is -2.28. The number of hydrogen-bond acceptors (Lipinski definition) is 3. The zero-order valence-corrected chi connectivity index (χ0v) is 21.0. The fourth-order valence-corrected chi connectivity index (χ4v) is 4.87. The van der Waals surface area contributed by atoms with Gasteiger partial charge in [-0.2, -0.15) is 5.10 Å². The molecule has 4 aromatic rings. The average molecular weight is 479 g/mol. The van der Waals surface area contributed by atoms with Crippen LogP contribution in [0.2, 0.25) is 0 Å². The van der Waals surface area contributed by atoms with Crippen molar-refractivity contribution in [2.24, 2.45) is 0 Å². The van der Waals surface area contributed by atoms with Gasteiger partial charge < -0.3 is 5.32 Å². The van der Waals surface area contributed by atoms with Gasteiger partial charge in [0.25, 0.3) is 0 Å². The molecule has 1 aliphatic heterocycles. The van der Waals surface area contributed by atoms with Crippen LogP contribution in [0.15, 0.2) is 85.1 Å². The van der Waals surface area contributed by atoms with E-state index in [0.29, 0.717) is 19.4 Å². The average Bonchev–Trinajstić information content (AvgIpc) is 3.35. The number of aromatic nitrogens is 2. The Morgan fingerprint density at radius 2 is 1.69 bits per heavy atom. The number of aryl methyl sites for hydroxylation is 2. The van der Waals surface area contributed by atoms with E-state index in [4.69, 9.17) is 5.10 Å². The van der Waals surface area contributed by atoms with Crippen LogP contribution in [-0.4, -0.2) is 40.2 Å². The lowest BCUT2D eigenvalue weighted by Crippen LogP contribution is -2.33. The standard InChI is InChI=1S/C31H34N4O/c1-24-12-14-26(15-13-24)31-28(23-35(33-31)29-10-3-2-4-11-29)16-17-30(36)32-19-7-20-34-21-18-25-8-5-6-9-27(25)22-34/h2-6,8-15,23H,7,16-22H2,1H3,(H,32,36). The summed E-state index contributed by atoms with van der Waals surface area (Å²) in [5.74, 6) is 0.0984. The fourth-order valence-electron chi connectivity index (χ4n) is 4.87. The molecule has 0 saturated heterocycles. The van der Waals surface area contributed by atoms with Gasteiger partial charge in [-0.05, 0) is 55.0 Å². The van der Waals surface area contributed by atoms with Crippen LogP contribution in [0.25, 0.3) is 16.9 Å². The van der Waals surface area contributed by atoms with Crippen molar-refractivity contribution < 1.29 is 4.79 Å². The Morgan fingerprint density at radius 1 is 0.944 bits per heavy atom. The second kappa shape index (κ2) is 11.4. The van der Waals surface area contributed by atoms with Crippen LogP contribution in [-0.2, 0) is 24.2 Å². The molecule has 5 nitrogen and oxygen atoms in total. The van der Waals surface area contributed by atoms with Crippen molar-refractivity contribution in [1.29, 1.82) is 0 Å². The largest absolute Gasteiger partial charge is 0.356 e. The minimum atomic E-state index is 0.0984. The van der Waals surface area contributed by atoms with Gasteiger partial charge in [0.15, 0.2) is 0 Å². The predicted molar refractivity (Wildman–Crippen MR) is 145 cm³/mol. The number of amides is 1. The minimum absolute atomic E-state index is 0.0984. The van der Waals surface area contributed by atoms with E-state index in [9.17, 15) is 4.79 Å². The van der Waals surface area contributed by atoms with E-state index in [1.807, 2.05) is 35.0 Å². The Balaban J connectivity index is 1.15. The van der Waals surface area contributed by atoms with Crippen LogP contribution >= 0.6 is 0 Å². The van der Waals surface area contributed by atoms with Gasteiger partial charge in [0.05, 0.1) is 11.4 Å². The van der Waals surface area contributed by atoms with E-state index >= 15 is 0 Å². The van der Waals surface area contributed by atoms with Crippen molar-refractivity contribution in [3.63, 3.8) is 0 Å². The molecule has 0 atom stereocenters.